The van der Waals surface area contributed by atoms with Crippen molar-refractivity contribution in [3.8, 4) is 0 Å². The van der Waals surface area contributed by atoms with Gasteiger partial charge in [0.25, 0.3) is 11.6 Å². The summed E-state index contributed by atoms with van der Waals surface area (Å²) in [5, 5.41) is 14.1. The van der Waals surface area contributed by atoms with Crippen LogP contribution in [0.4, 0.5) is 5.69 Å². The minimum absolute atomic E-state index is 0.0283. The number of carbonyl (C=O) groups excluding carboxylic acids is 2. The van der Waals surface area contributed by atoms with Crippen molar-refractivity contribution in [2.75, 3.05) is 19.7 Å². The molecule has 3 rings (SSSR count). The van der Waals surface area contributed by atoms with E-state index >= 15 is 0 Å². The summed E-state index contributed by atoms with van der Waals surface area (Å²) in [5.74, 6) is -1.22. The molecule has 1 saturated heterocycles. The smallest absolute Gasteiger partial charge is 0.338 e. The average molecular weight is 456 g/mol. The molecule has 9 nitrogen and oxygen atoms in total. The van der Waals surface area contributed by atoms with E-state index in [0.717, 1.165) is 42.9 Å². The fourth-order valence-electron chi connectivity index (χ4n) is 4.00. The molecule has 0 aromatic heterocycles. The second kappa shape index (κ2) is 11.0. The van der Waals surface area contributed by atoms with Gasteiger partial charge in [0, 0.05) is 43.9 Å². The number of non-ortho nitro benzene ring substituents is 1. The molecule has 0 spiro atoms. The van der Waals surface area contributed by atoms with Crippen LogP contribution in [0.1, 0.15) is 52.6 Å². The highest BCUT2D eigenvalue weighted by atomic mass is 16.6. The monoisotopic (exact) mass is 455 g/mol. The molecule has 2 aromatic carbocycles. The Morgan fingerprint density at radius 3 is 2.39 bits per heavy atom. The van der Waals surface area contributed by atoms with Crippen LogP contribution in [0.25, 0.3) is 0 Å². The SMILES string of the molecule is CCOC(=O)c1cc(C(=O)NCc2ccccc2CN2CC(C)OC(C)C2)cc([N+](=O)[O-])c1. The molecule has 2 unspecified atom stereocenters. The second-order valence-corrected chi connectivity index (χ2v) is 8.15. The summed E-state index contributed by atoms with van der Waals surface area (Å²) in [4.78, 5) is 37.8. The van der Waals surface area contributed by atoms with Crippen LogP contribution in [-0.2, 0) is 22.6 Å². The van der Waals surface area contributed by atoms with E-state index in [4.69, 9.17) is 9.47 Å². The van der Waals surface area contributed by atoms with Gasteiger partial charge < -0.3 is 14.8 Å². The molecule has 9 heteroatoms. The van der Waals surface area contributed by atoms with Crippen LogP contribution in [0.3, 0.4) is 0 Å². The third kappa shape index (κ3) is 6.59. The number of ether oxygens (including phenoxy) is 2. The lowest BCUT2D eigenvalue weighted by molar-refractivity contribution is -0.384. The van der Waals surface area contributed by atoms with Gasteiger partial charge in [0.2, 0.25) is 0 Å². The Bertz CT molecular complexity index is 1020. The van der Waals surface area contributed by atoms with E-state index < -0.39 is 16.8 Å². The van der Waals surface area contributed by atoms with Crippen LogP contribution in [0.5, 0.6) is 0 Å². The lowest BCUT2D eigenvalue weighted by Crippen LogP contribution is -2.45. The van der Waals surface area contributed by atoms with E-state index in [1.54, 1.807) is 6.92 Å². The largest absolute Gasteiger partial charge is 0.462 e. The van der Waals surface area contributed by atoms with Crippen LogP contribution in [-0.4, -0.2) is 53.6 Å². The van der Waals surface area contributed by atoms with E-state index in [1.807, 2.05) is 24.3 Å². The number of hydrogen-bond donors (Lipinski definition) is 1. The zero-order valence-corrected chi connectivity index (χ0v) is 19.1. The van der Waals surface area contributed by atoms with Crippen molar-refractivity contribution in [2.24, 2.45) is 0 Å². The molecule has 0 bridgehead atoms. The number of rotatable bonds is 8. The first-order chi connectivity index (χ1) is 15.8. The van der Waals surface area contributed by atoms with E-state index in [0.29, 0.717) is 0 Å². The molecular weight excluding hydrogens is 426 g/mol. The summed E-state index contributed by atoms with van der Waals surface area (Å²) >= 11 is 0. The molecule has 1 amide bonds. The topological polar surface area (TPSA) is 111 Å². The average Bonchev–Trinajstić information content (AvgIpc) is 2.77. The summed E-state index contributed by atoms with van der Waals surface area (Å²) in [6.45, 7) is 8.51. The molecule has 0 radical (unpaired) electrons. The Kier molecular flexibility index (Phi) is 8.13. The molecule has 1 N–H and O–H groups in total. The Hall–Kier alpha value is -3.30. The van der Waals surface area contributed by atoms with Gasteiger partial charge in [-0.1, -0.05) is 24.3 Å². The third-order valence-corrected chi connectivity index (χ3v) is 5.35. The Morgan fingerprint density at radius 1 is 1.12 bits per heavy atom. The number of hydrogen-bond acceptors (Lipinski definition) is 7. The van der Waals surface area contributed by atoms with Crippen LogP contribution < -0.4 is 5.32 Å². The molecule has 2 atom stereocenters. The molecular formula is C24H29N3O6. The Balaban J connectivity index is 1.73. The number of nitrogens with zero attached hydrogens (tertiary/aromatic N) is 2. The van der Waals surface area contributed by atoms with Gasteiger partial charge in [-0.3, -0.25) is 19.8 Å². The van der Waals surface area contributed by atoms with Crippen LogP contribution >= 0.6 is 0 Å². The van der Waals surface area contributed by atoms with Crippen molar-refractivity contribution in [2.45, 2.75) is 46.1 Å². The maximum Gasteiger partial charge on any atom is 0.338 e. The van der Waals surface area contributed by atoms with Gasteiger partial charge in [-0.2, -0.15) is 0 Å². The highest BCUT2D eigenvalue weighted by molar-refractivity contribution is 5.99. The minimum Gasteiger partial charge on any atom is -0.462 e. The van der Waals surface area contributed by atoms with Gasteiger partial charge in [-0.15, -0.1) is 0 Å². The highest BCUT2D eigenvalue weighted by Crippen LogP contribution is 2.20. The lowest BCUT2D eigenvalue weighted by Gasteiger charge is -2.35. The number of benzene rings is 2. The molecule has 33 heavy (non-hydrogen) atoms. The minimum atomic E-state index is -0.713. The zero-order valence-electron chi connectivity index (χ0n) is 19.1. The Labute approximate surface area is 192 Å². The summed E-state index contributed by atoms with van der Waals surface area (Å²) in [6, 6.07) is 11.4. The van der Waals surface area contributed by atoms with Gasteiger partial charge in [-0.25, -0.2) is 4.79 Å². The number of nitrogens with one attached hydrogen (secondary N) is 1. The molecule has 1 aliphatic heterocycles. The quantitative estimate of drug-likeness (QED) is 0.369. The third-order valence-electron chi connectivity index (χ3n) is 5.35. The van der Waals surface area contributed by atoms with Crippen molar-refractivity contribution >= 4 is 17.6 Å². The van der Waals surface area contributed by atoms with Crippen molar-refractivity contribution < 1.29 is 24.0 Å². The highest BCUT2D eigenvalue weighted by Gasteiger charge is 2.23. The van der Waals surface area contributed by atoms with Crippen LogP contribution in [0, 0.1) is 10.1 Å². The second-order valence-electron chi connectivity index (χ2n) is 8.15. The van der Waals surface area contributed by atoms with Gasteiger partial charge in [0.1, 0.15) is 0 Å². The number of carbonyl (C=O) groups is 2. The Morgan fingerprint density at radius 2 is 1.76 bits per heavy atom. The fourth-order valence-corrected chi connectivity index (χ4v) is 4.00. The van der Waals surface area contributed by atoms with Crippen molar-refractivity contribution in [1.82, 2.24) is 10.2 Å². The van der Waals surface area contributed by atoms with Crippen LogP contribution in [0.15, 0.2) is 42.5 Å². The van der Waals surface area contributed by atoms with E-state index in [-0.39, 0.29) is 42.2 Å². The molecule has 0 saturated carbocycles. The lowest BCUT2D eigenvalue weighted by atomic mass is 10.1. The summed E-state index contributed by atoms with van der Waals surface area (Å²) < 4.78 is 10.7. The van der Waals surface area contributed by atoms with Gasteiger partial charge in [0.05, 0.1) is 29.3 Å². The molecule has 1 aliphatic rings. The van der Waals surface area contributed by atoms with Crippen molar-refractivity contribution in [3.05, 3.63) is 74.8 Å². The number of amides is 1. The predicted octanol–water partition coefficient (Wildman–Crippen LogP) is 3.31. The van der Waals surface area contributed by atoms with Crippen LogP contribution in [0.2, 0.25) is 0 Å². The van der Waals surface area contributed by atoms with Crippen molar-refractivity contribution in [3.63, 3.8) is 0 Å². The fraction of sp³-hybridized carbons (Fsp3) is 0.417. The van der Waals surface area contributed by atoms with Gasteiger partial charge >= 0.3 is 5.97 Å². The van der Waals surface area contributed by atoms with Gasteiger partial charge in [-0.05, 0) is 38.0 Å². The summed E-state index contributed by atoms with van der Waals surface area (Å²) in [5.41, 5.74) is 1.69. The first-order valence-electron chi connectivity index (χ1n) is 11.0. The first-order valence-corrected chi connectivity index (χ1v) is 11.0. The molecule has 0 aliphatic carbocycles. The number of nitro benzene ring substituents is 1. The van der Waals surface area contributed by atoms with E-state index in [9.17, 15) is 19.7 Å². The van der Waals surface area contributed by atoms with Gasteiger partial charge in [0.15, 0.2) is 0 Å². The molecule has 176 valence electrons. The summed E-state index contributed by atoms with van der Waals surface area (Å²) in [6.07, 6.45) is 0.311. The number of morpholine rings is 1. The van der Waals surface area contributed by atoms with E-state index in [2.05, 4.69) is 24.1 Å². The van der Waals surface area contributed by atoms with E-state index in [1.165, 1.54) is 6.07 Å². The summed E-state index contributed by atoms with van der Waals surface area (Å²) in [7, 11) is 0. The molecule has 2 aromatic rings. The normalized spacial score (nSPS) is 18.5. The standard InChI is InChI=1S/C24H29N3O6/c1-4-32-24(29)21-9-20(10-22(11-21)27(30)31)23(28)25-12-18-7-5-6-8-19(18)15-26-13-16(2)33-17(3)14-26/h5-11,16-17H,4,12-15H2,1-3H3,(H,25,28). The van der Waals surface area contributed by atoms with Crippen molar-refractivity contribution in [1.29, 1.82) is 0 Å². The number of esters is 1. The zero-order chi connectivity index (χ0) is 24.0. The maximum atomic E-state index is 12.8. The molecule has 1 heterocycles. The maximum absolute atomic E-state index is 12.8. The molecule has 1 fully saturated rings. The predicted molar refractivity (Wildman–Crippen MR) is 122 cm³/mol. The number of nitro groups is 1. The first kappa shape index (κ1) is 24.3.